The Balaban J connectivity index is 2.15. The Morgan fingerprint density at radius 2 is 2.00 bits per heavy atom. The second-order valence-corrected chi connectivity index (χ2v) is 5.45. The molecule has 1 heterocycles. The number of aliphatic hydroxyl groups excluding tert-OH is 1. The van der Waals surface area contributed by atoms with Crippen molar-refractivity contribution < 1.29 is 5.11 Å². The van der Waals surface area contributed by atoms with E-state index in [4.69, 9.17) is 5.26 Å². The predicted molar refractivity (Wildman–Crippen MR) is 83.6 cm³/mol. The Morgan fingerprint density at radius 1 is 1.19 bits per heavy atom. The molecule has 0 amide bonds. The molecule has 0 saturated carbocycles. The molecule has 1 atom stereocenters. The van der Waals surface area contributed by atoms with Crippen LogP contribution in [0.2, 0.25) is 0 Å². The molecule has 21 heavy (non-hydrogen) atoms. The van der Waals surface area contributed by atoms with Crippen molar-refractivity contribution in [3.05, 3.63) is 59.2 Å². The van der Waals surface area contributed by atoms with Gasteiger partial charge in [0.15, 0.2) is 0 Å². The Labute approximate surface area is 125 Å². The Hall–Kier alpha value is -2.31. The van der Waals surface area contributed by atoms with Crippen molar-refractivity contribution >= 4 is 11.4 Å². The third-order valence-electron chi connectivity index (χ3n) is 4.01. The van der Waals surface area contributed by atoms with Gasteiger partial charge in [0.25, 0.3) is 0 Å². The van der Waals surface area contributed by atoms with Crippen LogP contribution < -0.4 is 4.90 Å². The van der Waals surface area contributed by atoms with Crippen LogP contribution in [0.3, 0.4) is 0 Å². The predicted octanol–water partition coefficient (Wildman–Crippen LogP) is 3.70. The Bertz CT molecular complexity index is 701. The molecule has 0 fully saturated rings. The van der Waals surface area contributed by atoms with Gasteiger partial charge in [0.1, 0.15) is 0 Å². The molecule has 106 valence electrons. The number of benzene rings is 2. The van der Waals surface area contributed by atoms with E-state index in [-0.39, 0.29) is 0 Å². The van der Waals surface area contributed by atoms with Gasteiger partial charge in [-0.1, -0.05) is 24.3 Å². The topological polar surface area (TPSA) is 47.3 Å². The highest BCUT2D eigenvalue weighted by molar-refractivity contribution is 5.71. The second kappa shape index (κ2) is 5.59. The first-order valence-corrected chi connectivity index (χ1v) is 7.28. The van der Waals surface area contributed by atoms with Gasteiger partial charge in [0.05, 0.1) is 17.7 Å². The van der Waals surface area contributed by atoms with Gasteiger partial charge in [-0.05, 0) is 43.5 Å². The summed E-state index contributed by atoms with van der Waals surface area (Å²) in [6, 6.07) is 16.0. The van der Waals surface area contributed by atoms with Crippen molar-refractivity contribution in [1.29, 1.82) is 5.26 Å². The first kappa shape index (κ1) is 13.7. The van der Waals surface area contributed by atoms with E-state index in [0.29, 0.717) is 5.56 Å². The summed E-state index contributed by atoms with van der Waals surface area (Å²) < 4.78 is 0. The molecule has 0 unspecified atom stereocenters. The normalized spacial score (nSPS) is 15.2. The van der Waals surface area contributed by atoms with Crippen molar-refractivity contribution in [1.82, 2.24) is 0 Å². The maximum Gasteiger partial charge on any atom is 0.0992 e. The highest BCUT2D eigenvalue weighted by Crippen LogP contribution is 2.37. The fourth-order valence-electron chi connectivity index (χ4n) is 2.98. The first-order valence-electron chi connectivity index (χ1n) is 7.28. The summed E-state index contributed by atoms with van der Waals surface area (Å²) in [6.07, 6.45) is 1.60. The molecule has 0 aliphatic carbocycles. The molecule has 3 heteroatoms. The highest BCUT2D eigenvalue weighted by Gasteiger charge is 2.21. The molecule has 2 aromatic rings. The molecular formula is C18H18N2O. The lowest BCUT2D eigenvalue weighted by atomic mass is 9.98. The summed E-state index contributed by atoms with van der Waals surface area (Å²) in [7, 11) is 0. The van der Waals surface area contributed by atoms with Crippen molar-refractivity contribution in [3.8, 4) is 6.07 Å². The van der Waals surface area contributed by atoms with Gasteiger partial charge in [0, 0.05) is 23.5 Å². The maximum atomic E-state index is 10.0. The number of fused-ring (bicyclic) bond motifs is 1. The lowest BCUT2D eigenvalue weighted by molar-refractivity contribution is 0.199. The summed E-state index contributed by atoms with van der Waals surface area (Å²) in [5.41, 5.74) is 4.93. The number of aryl methyl sites for hydroxylation is 1. The summed E-state index contributed by atoms with van der Waals surface area (Å²) in [4.78, 5) is 2.22. The molecule has 0 bridgehead atoms. The fraction of sp³-hybridized carbons (Fsp3) is 0.278. The van der Waals surface area contributed by atoms with Crippen LogP contribution in [0.15, 0.2) is 42.5 Å². The average Bonchev–Trinajstić information content (AvgIpc) is 2.53. The molecule has 1 aliphatic heterocycles. The summed E-state index contributed by atoms with van der Waals surface area (Å²) in [5.74, 6) is 0. The fourth-order valence-corrected chi connectivity index (χ4v) is 2.98. The van der Waals surface area contributed by atoms with Gasteiger partial charge in [-0.2, -0.15) is 5.26 Å². The number of hydrogen-bond acceptors (Lipinski definition) is 3. The minimum atomic E-state index is -0.554. The van der Waals surface area contributed by atoms with Crippen LogP contribution in [0.1, 0.15) is 36.1 Å². The van der Waals surface area contributed by atoms with Gasteiger partial charge in [-0.15, -0.1) is 0 Å². The molecule has 3 rings (SSSR count). The van der Waals surface area contributed by atoms with Crippen molar-refractivity contribution in [2.24, 2.45) is 0 Å². The minimum Gasteiger partial charge on any atom is -0.389 e. The van der Waals surface area contributed by atoms with Gasteiger partial charge in [-0.3, -0.25) is 0 Å². The quantitative estimate of drug-likeness (QED) is 0.911. The number of rotatable bonds is 2. The maximum absolute atomic E-state index is 10.0. The van der Waals surface area contributed by atoms with Crippen LogP contribution in [-0.2, 0) is 6.42 Å². The summed E-state index contributed by atoms with van der Waals surface area (Å²) >= 11 is 0. The number of hydrogen-bond donors (Lipinski definition) is 1. The monoisotopic (exact) mass is 278 g/mol. The number of nitrogens with zero attached hydrogens (tertiary/aromatic N) is 2. The SMILES string of the molecule is C[C@H](O)c1ccc(C#N)cc1N1CCCc2ccccc21. The van der Waals surface area contributed by atoms with E-state index < -0.39 is 6.10 Å². The zero-order valence-electron chi connectivity index (χ0n) is 12.1. The number of anilines is 2. The van der Waals surface area contributed by atoms with E-state index in [1.54, 1.807) is 13.0 Å². The van der Waals surface area contributed by atoms with Gasteiger partial charge in [-0.25, -0.2) is 0 Å². The largest absolute Gasteiger partial charge is 0.389 e. The Morgan fingerprint density at radius 3 is 2.76 bits per heavy atom. The van der Waals surface area contributed by atoms with Crippen LogP contribution in [0.25, 0.3) is 0 Å². The van der Waals surface area contributed by atoms with Crippen LogP contribution in [-0.4, -0.2) is 11.7 Å². The van der Waals surface area contributed by atoms with Crippen molar-refractivity contribution in [3.63, 3.8) is 0 Å². The van der Waals surface area contributed by atoms with Gasteiger partial charge in [0.2, 0.25) is 0 Å². The second-order valence-electron chi connectivity index (χ2n) is 5.45. The molecule has 0 saturated heterocycles. The number of para-hydroxylation sites is 1. The molecule has 0 spiro atoms. The molecule has 0 radical (unpaired) electrons. The van der Waals surface area contributed by atoms with Gasteiger partial charge < -0.3 is 10.0 Å². The summed E-state index contributed by atoms with van der Waals surface area (Å²) in [6.45, 7) is 2.67. The van der Waals surface area contributed by atoms with E-state index in [9.17, 15) is 5.11 Å². The van der Waals surface area contributed by atoms with E-state index in [1.807, 2.05) is 18.2 Å². The average molecular weight is 278 g/mol. The van der Waals surface area contributed by atoms with E-state index in [2.05, 4.69) is 29.2 Å². The third kappa shape index (κ3) is 2.51. The van der Waals surface area contributed by atoms with Crippen molar-refractivity contribution in [2.45, 2.75) is 25.9 Å². The van der Waals surface area contributed by atoms with Crippen LogP contribution in [0, 0.1) is 11.3 Å². The Kier molecular flexibility index (Phi) is 3.64. The lowest BCUT2D eigenvalue weighted by Gasteiger charge is -2.33. The molecule has 3 nitrogen and oxygen atoms in total. The molecule has 0 aromatic heterocycles. The summed E-state index contributed by atoms with van der Waals surface area (Å²) in [5, 5.41) is 19.2. The third-order valence-corrected chi connectivity index (χ3v) is 4.01. The van der Waals surface area contributed by atoms with Crippen LogP contribution in [0.4, 0.5) is 11.4 Å². The van der Waals surface area contributed by atoms with E-state index >= 15 is 0 Å². The minimum absolute atomic E-state index is 0.554. The van der Waals surface area contributed by atoms with Crippen LogP contribution >= 0.6 is 0 Å². The zero-order valence-corrected chi connectivity index (χ0v) is 12.1. The highest BCUT2D eigenvalue weighted by atomic mass is 16.3. The molecular weight excluding hydrogens is 260 g/mol. The standard InChI is InChI=1S/C18H18N2O/c1-13(21)16-9-8-14(12-19)11-18(16)20-10-4-6-15-5-2-3-7-17(15)20/h2-3,5,7-9,11,13,21H,4,6,10H2,1H3/t13-/m0/s1. The number of aliphatic hydroxyl groups is 1. The van der Waals surface area contributed by atoms with E-state index in [0.717, 1.165) is 30.6 Å². The molecule has 2 aromatic carbocycles. The smallest absolute Gasteiger partial charge is 0.0992 e. The zero-order chi connectivity index (χ0) is 14.8. The molecule has 1 aliphatic rings. The van der Waals surface area contributed by atoms with Crippen LogP contribution in [0.5, 0.6) is 0 Å². The van der Waals surface area contributed by atoms with Crippen molar-refractivity contribution in [2.75, 3.05) is 11.4 Å². The van der Waals surface area contributed by atoms with E-state index in [1.165, 1.54) is 11.3 Å². The molecule has 1 N–H and O–H groups in total. The number of nitriles is 1. The van der Waals surface area contributed by atoms with Gasteiger partial charge >= 0.3 is 0 Å². The first-order chi connectivity index (χ1) is 10.2. The lowest BCUT2D eigenvalue weighted by Crippen LogP contribution is -2.25.